The number of amides is 1. The molecule has 1 heterocycles. The molecular formula is C21H24N4O. The van der Waals surface area contributed by atoms with E-state index in [-0.39, 0.29) is 5.91 Å². The number of aromatic nitrogens is 2. The summed E-state index contributed by atoms with van der Waals surface area (Å²) in [5.41, 5.74) is 4.20. The number of aromatic amines is 1. The number of nitrogens with zero attached hydrogens (tertiary/aromatic N) is 2. The lowest BCUT2D eigenvalue weighted by Crippen LogP contribution is -2.33. The van der Waals surface area contributed by atoms with Crippen LogP contribution in [0.2, 0.25) is 0 Å². The first kappa shape index (κ1) is 17.9. The van der Waals surface area contributed by atoms with Gasteiger partial charge in [0.15, 0.2) is 0 Å². The highest BCUT2D eigenvalue weighted by Crippen LogP contribution is 2.16. The normalized spacial score (nSPS) is 10.8. The molecule has 3 aromatic rings. The number of hydrogen-bond donors (Lipinski definition) is 2. The number of carbonyl (C=O) groups is 1. The van der Waals surface area contributed by atoms with Gasteiger partial charge in [0.25, 0.3) is 0 Å². The Kier molecular flexibility index (Phi) is 6.17. The molecule has 0 aliphatic heterocycles. The van der Waals surface area contributed by atoms with Crippen LogP contribution in [0.3, 0.4) is 0 Å². The highest BCUT2D eigenvalue weighted by molar-refractivity contribution is 5.93. The predicted molar refractivity (Wildman–Crippen MR) is 104 cm³/mol. The second-order valence-corrected chi connectivity index (χ2v) is 6.27. The zero-order valence-corrected chi connectivity index (χ0v) is 15.0. The second kappa shape index (κ2) is 8.97. The number of para-hydroxylation sites is 1. The van der Waals surface area contributed by atoms with Gasteiger partial charge in [0, 0.05) is 30.7 Å². The Bertz CT molecular complexity index is 815. The van der Waals surface area contributed by atoms with Crippen LogP contribution < -0.4 is 5.32 Å². The minimum absolute atomic E-state index is 0.0126. The van der Waals surface area contributed by atoms with Crippen molar-refractivity contribution in [2.75, 3.05) is 11.9 Å². The van der Waals surface area contributed by atoms with Gasteiger partial charge in [-0.15, -0.1) is 0 Å². The topological polar surface area (TPSA) is 61.0 Å². The average Bonchev–Trinajstić information content (AvgIpc) is 3.16. The molecule has 0 fully saturated rings. The fraction of sp³-hybridized carbons (Fsp3) is 0.238. The third-order valence-electron chi connectivity index (χ3n) is 4.24. The van der Waals surface area contributed by atoms with E-state index >= 15 is 0 Å². The highest BCUT2D eigenvalue weighted by Gasteiger charge is 2.14. The number of rotatable bonds is 8. The Hall–Kier alpha value is -2.92. The Labute approximate surface area is 154 Å². The van der Waals surface area contributed by atoms with Crippen molar-refractivity contribution in [1.82, 2.24) is 15.1 Å². The van der Waals surface area contributed by atoms with E-state index in [2.05, 4.69) is 39.5 Å². The van der Waals surface area contributed by atoms with E-state index in [0.717, 1.165) is 23.4 Å². The van der Waals surface area contributed by atoms with E-state index in [9.17, 15) is 4.79 Å². The number of carbonyl (C=O) groups excluding carboxylic acids is 1. The molecule has 0 atom stereocenters. The summed E-state index contributed by atoms with van der Waals surface area (Å²) >= 11 is 0. The lowest BCUT2D eigenvalue weighted by molar-refractivity contribution is -0.117. The maximum absolute atomic E-state index is 12.6. The minimum atomic E-state index is -0.0126. The molecule has 0 aliphatic rings. The fourth-order valence-corrected chi connectivity index (χ4v) is 2.97. The van der Waals surface area contributed by atoms with Gasteiger partial charge in [0.05, 0.1) is 6.54 Å². The summed E-state index contributed by atoms with van der Waals surface area (Å²) < 4.78 is 0. The number of H-pyrrole nitrogens is 1. The maximum Gasteiger partial charge on any atom is 0.238 e. The van der Waals surface area contributed by atoms with Gasteiger partial charge in [0.1, 0.15) is 0 Å². The molecule has 0 saturated heterocycles. The van der Waals surface area contributed by atoms with Crippen molar-refractivity contribution in [1.29, 1.82) is 0 Å². The standard InChI is InChI=1S/C21H24N4O/c1-2-18-10-6-7-11-20(18)23-21(26)16-25(15-19-12-13-22-24-19)14-17-8-4-3-5-9-17/h3-13H,2,14-16H2,1H3,(H,22,24)(H,23,26). The van der Waals surface area contributed by atoms with Crippen LogP contribution in [0.4, 0.5) is 5.69 Å². The molecule has 26 heavy (non-hydrogen) atoms. The lowest BCUT2D eigenvalue weighted by Gasteiger charge is -2.21. The van der Waals surface area contributed by atoms with Crippen molar-refractivity contribution < 1.29 is 4.79 Å². The van der Waals surface area contributed by atoms with Gasteiger partial charge < -0.3 is 5.32 Å². The Morgan fingerprint density at radius 1 is 1.04 bits per heavy atom. The number of benzene rings is 2. The Morgan fingerprint density at radius 2 is 1.81 bits per heavy atom. The van der Waals surface area contributed by atoms with E-state index in [0.29, 0.717) is 19.6 Å². The predicted octanol–water partition coefficient (Wildman–Crippen LogP) is 3.61. The minimum Gasteiger partial charge on any atom is -0.325 e. The molecule has 1 amide bonds. The quantitative estimate of drug-likeness (QED) is 0.654. The summed E-state index contributed by atoms with van der Waals surface area (Å²) in [6, 6.07) is 20.0. The molecular weight excluding hydrogens is 324 g/mol. The van der Waals surface area contributed by atoms with Crippen molar-refractivity contribution in [3.8, 4) is 0 Å². The van der Waals surface area contributed by atoms with E-state index in [4.69, 9.17) is 0 Å². The number of nitrogens with one attached hydrogen (secondary N) is 2. The van der Waals surface area contributed by atoms with E-state index < -0.39 is 0 Å². The zero-order valence-electron chi connectivity index (χ0n) is 15.0. The van der Waals surface area contributed by atoms with Crippen molar-refractivity contribution in [2.45, 2.75) is 26.4 Å². The summed E-state index contributed by atoms with van der Waals surface area (Å²) in [6.07, 6.45) is 2.62. The molecule has 0 spiro atoms. The van der Waals surface area contributed by atoms with E-state index in [1.807, 2.05) is 48.5 Å². The largest absolute Gasteiger partial charge is 0.325 e. The molecule has 3 rings (SSSR count). The first-order valence-corrected chi connectivity index (χ1v) is 8.87. The van der Waals surface area contributed by atoms with Gasteiger partial charge in [-0.25, -0.2) is 0 Å². The van der Waals surface area contributed by atoms with Crippen molar-refractivity contribution in [3.63, 3.8) is 0 Å². The number of anilines is 1. The Balaban J connectivity index is 1.68. The molecule has 2 aromatic carbocycles. The fourth-order valence-electron chi connectivity index (χ4n) is 2.97. The Morgan fingerprint density at radius 3 is 2.54 bits per heavy atom. The van der Waals surface area contributed by atoms with Crippen LogP contribution in [0.15, 0.2) is 66.9 Å². The van der Waals surface area contributed by atoms with Gasteiger partial charge >= 0.3 is 0 Å². The molecule has 0 radical (unpaired) electrons. The molecule has 0 aliphatic carbocycles. The van der Waals surface area contributed by atoms with Crippen LogP contribution in [-0.2, 0) is 24.3 Å². The molecule has 1 aromatic heterocycles. The summed E-state index contributed by atoms with van der Waals surface area (Å²) in [6.45, 7) is 3.73. The first-order valence-electron chi connectivity index (χ1n) is 8.87. The third-order valence-corrected chi connectivity index (χ3v) is 4.24. The van der Waals surface area contributed by atoms with Crippen LogP contribution in [-0.4, -0.2) is 27.5 Å². The smallest absolute Gasteiger partial charge is 0.238 e. The van der Waals surface area contributed by atoms with Crippen LogP contribution >= 0.6 is 0 Å². The third kappa shape index (κ3) is 5.04. The van der Waals surface area contributed by atoms with Crippen LogP contribution in [0.25, 0.3) is 0 Å². The molecule has 2 N–H and O–H groups in total. The number of hydrogen-bond acceptors (Lipinski definition) is 3. The van der Waals surface area contributed by atoms with E-state index in [1.54, 1.807) is 6.20 Å². The van der Waals surface area contributed by atoms with Crippen molar-refractivity contribution in [2.24, 2.45) is 0 Å². The van der Waals surface area contributed by atoms with Crippen LogP contribution in [0.1, 0.15) is 23.7 Å². The molecule has 0 unspecified atom stereocenters. The molecule has 0 bridgehead atoms. The van der Waals surface area contributed by atoms with Gasteiger partial charge in [-0.2, -0.15) is 5.10 Å². The van der Waals surface area contributed by atoms with E-state index in [1.165, 1.54) is 5.56 Å². The van der Waals surface area contributed by atoms with Crippen molar-refractivity contribution >= 4 is 11.6 Å². The monoisotopic (exact) mass is 348 g/mol. The van der Waals surface area contributed by atoms with Gasteiger partial charge in [0.2, 0.25) is 5.91 Å². The molecule has 134 valence electrons. The zero-order chi connectivity index (χ0) is 18.2. The second-order valence-electron chi connectivity index (χ2n) is 6.27. The van der Waals surface area contributed by atoms with Crippen molar-refractivity contribution in [3.05, 3.63) is 83.7 Å². The first-order chi connectivity index (χ1) is 12.7. The summed E-state index contributed by atoms with van der Waals surface area (Å²) in [5.74, 6) is -0.0126. The van der Waals surface area contributed by atoms with Gasteiger partial charge in [-0.1, -0.05) is 55.5 Å². The van der Waals surface area contributed by atoms with Gasteiger partial charge in [-0.05, 0) is 29.7 Å². The molecule has 5 nitrogen and oxygen atoms in total. The number of aryl methyl sites for hydroxylation is 1. The molecule has 5 heteroatoms. The van der Waals surface area contributed by atoms with Crippen LogP contribution in [0.5, 0.6) is 0 Å². The van der Waals surface area contributed by atoms with Gasteiger partial charge in [-0.3, -0.25) is 14.8 Å². The lowest BCUT2D eigenvalue weighted by atomic mass is 10.1. The maximum atomic E-state index is 12.6. The summed E-state index contributed by atoms with van der Waals surface area (Å²) in [4.78, 5) is 14.7. The molecule has 0 saturated carbocycles. The van der Waals surface area contributed by atoms with Crippen LogP contribution in [0, 0.1) is 0 Å². The SMILES string of the molecule is CCc1ccccc1NC(=O)CN(Cc1ccccc1)Cc1ccn[nH]1. The average molecular weight is 348 g/mol. The summed E-state index contributed by atoms with van der Waals surface area (Å²) in [7, 11) is 0. The highest BCUT2D eigenvalue weighted by atomic mass is 16.2. The summed E-state index contributed by atoms with van der Waals surface area (Å²) in [5, 5.41) is 10.0.